The molecular weight excluding hydrogens is 286 g/mol. The molecule has 3 aromatic rings. The summed E-state index contributed by atoms with van der Waals surface area (Å²) in [5.74, 6) is 0.391. The van der Waals surface area contributed by atoms with Crippen LogP contribution < -0.4 is 10.9 Å². The zero-order valence-corrected chi connectivity index (χ0v) is 11.8. The first-order valence-corrected chi connectivity index (χ1v) is 6.78. The quantitative estimate of drug-likeness (QED) is 0.772. The largest absolute Gasteiger partial charge is 0.326 e. The van der Waals surface area contributed by atoms with Crippen molar-refractivity contribution in [3.8, 4) is 11.1 Å². The first kappa shape index (κ1) is 13.4. The van der Waals surface area contributed by atoms with Crippen LogP contribution in [0.25, 0.3) is 11.1 Å². The standard InChI is InChI=1S/C16H12ClN3O/c17-14-9-5-4-8-12(14)13-10-18-16(20-15(13)21)19-11-6-2-1-3-7-11/h1-10H,(H2,18,19,20,21). The van der Waals surface area contributed by atoms with Crippen LogP contribution in [0.4, 0.5) is 11.6 Å². The maximum absolute atomic E-state index is 12.2. The molecule has 3 rings (SSSR count). The molecule has 0 saturated heterocycles. The summed E-state index contributed by atoms with van der Waals surface area (Å²) in [6.45, 7) is 0. The Labute approximate surface area is 126 Å². The van der Waals surface area contributed by atoms with Gasteiger partial charge in [-0.1, -0.05) is 48.0 Å². The molecule has 4 nitrogen and oxygen atoms in total. The van der Waals surface area contributed by atoms with Gasteiger partial charge < -0.3 is 5.32 Å². The Morgan fingerprint density at radius 1 is 0.952 bits per heavy atom. The van der Waals surface area contributed by atoms with E-state index in [1.165, 1.54) is 6.20 Å². The molecule has 104 valence electrons. The molecule has 0 saturated carbocycles. The minimum Gasteiger partial charge on any atom is -0.326 e. The molecule has 21 heavy (non-hydrogen) atoms. The summed E-state index contributed by atoms with van der Waals surface area (Å²) < 4.78 is 0. The number of anilines is 2. The fourth-order valence-corrected chi connectivity index (χ4v) is 2.23. The fourth-order valence-electron chi connectivity index (χ4n) is 1.99. The normalized spacial score (nSPS) is 10.3. The van der Waals surface area contributed by atoms with E-state index in [0.29, 0.717) is 22.1 Å². The molecule has 1 aromatic heterocycles. The second-order valence-electron chi connectivity index (χ2n) is 4.45. The van der Waals surface area contributed by atoms with Crippen molar-refractivity contribution in [1.29, 1.82) is 0 Å². The van der Waals surface area contributed by atoms with Crippen molar-refractivity contribution >= 4 is 23.2 Å². The minimum absolute atomic E-state index is 0.239. The Morgan fingerprint density at radius 3 is 2.38 bits per heavy atom. The van der Waals surface area contributed by atoms with Crippen LogP contribution in [0.2, 0.25) is 5.02 Å². The molecular formula is C16H12ClN3O. The number of aromatic amines is 1. The molecule has 0 spiro atoms. The summed E-state index contributed by atoms with van der Waals surface area (Å²) in [4.78, 5) is 19.1. The van der Waals surface area contributed by atoms with E-state index < -0.39 is 0 Å². The summed E-state index contributed by atoms with van der Waals surface area (Å²) >= 11 is 6.10. The molecule has 0 fully saturated rings. The molecule has 5 heteroatoms. The predicted molar refractivity (Wildman–Crippen MR) is 85.0 cm³/mol. The molecule has 1 heterocycles. The van der Waals surface area contributed by atoms with Gasteiger partial charge in [-0.3, -0.25) is 9.78 Å². The van der Waals surface area contributed by atoms with E-state index >= 15 is 0 Å². The van der Waals surface area contributed by atoms with Crippen LogP contribution in [0.5, 0.6) is 0 Å². The molecule has 0 aliphatic rings. The van der Waals surface area contributed by atoms with E-state index in [9.17, 15) is 4.79 Å². The Bertz CT molecular complexity index is 815. The molecule has 0 atom stereocenters. The number of halogens is 1. The van der Waals surface area contributed by atoms with Crippen molar-refractivity contribution < 1.29 is 0 Å². The van der Waals surface area contributed by atoms with Crippen molar-refractivity contribution in [3.63, 3.8) is 0 Å². The topological polar surface area (TPSA) is 57.8 Å². The van der Waals surface area contributed by atoms with Crippen molar-refractivity contribution in [2.45, 2.75) is 0 Å². The maximum atomic E-state index is 12.2. The molecule has 0 aliphatic carbocycles. The third-order valence-electron chi connectivity index (χ3n) is 3.00. The highest BCUT2D eigenvalue weighted by Crippen LogP contribution is 2.24. The third kappa shape index (κ3) is 2.95. The average Bonchev–Trinajstić information content (AvgIpc) is 2.50. The van der Waals surface area contributed by atoms with E-state index in [4.69, 9.17) is 11.6 Å². The molecule has 0 aliphatic heterocycles. The number of hydrogen-bond acceptors (Lipinski definition) is 3. The number of aromatic nitrogens is 2. The van der Waals surface area contributed by atoms with Gasteiger partial charge in [0.05, 0.1) is 5.56 Å². The van der Waals surface area contributed by atoms with Crippen molar-refractivity contribution in [2.75, 3.05) is 5.32 Å². The van der Waals surface area contributed by atoms with Crippen LogP contribution in [-0.2, 0) is 0 Å². The molecule has 0 amide bonds. The molecule has 2 N–H and O–H groups in total. The van der Waals surface area contributed by atoms with Gasteiger partial charge in [-0.15, -0.1) is 0 Å². The molecule has 0 radical (unpaired) electrons. The van der Waals surface area contributed by atoms with Crippen molar-refractivity contribution in [1.82, 2.24) is 9.97 Å². The summed E-state index contributed by atoms with van der Waals surface area (Å²) in [7, 11) is 0. The van der Waals surface area contributed by atoms with Crippen LogP contribution in [0, 0.1) is 0 Å². The van der Waals surface area contributed by atoms with Crippen molar-refractivity contribution in [2.24, 2.45) is 0 Å². The highest BCUT2D eigenvalue weighted by molar-refractivity contribution is 6.33. The number of para-hydroxylation sites is 1. The van der Waals surface area contributed by atoms with E-state index in [1.54, 1.807) is 12.1 Å². The van der Waals surface area contributed by atoms with E-state index in [-0.39, 0.29) is 5.56 Å². The number of H-pyrrole nitrogens is 1. The van der Waals surface area contributed by atoms with Gasteiger partial charge in [-0.05, 0) is 18.2 Å². The lowest BCUT2D eigenvalue weighted by molar-refractivity contribution is 1.12. The smallest absolute Gasteiger partial charge is 0.260 e. The van der Waals surface area contributed by atoms with Gasteiger partial charge in [-0.2, -0.15) is 0 Å². The zero-order valence-electron chi connectivity index (χ0n) is 11.0. The first-order valence-electron chi connectivity index (χ1n) is 6.40. The third-order valence-corrected chi connectivity index (χ3v) is 3.33. The Morgan fingerprint density at radius 2 is 1.67 bits per heavy atom. The van der Waals surface area contributed by atoms with Gasteiger partial charge >= 0.3 is 0 Å². The lowest BCUT2D eigenvalue weighted by Crippen LogP contribution is -2.12. The second kappa shape index (κ2) is 5.81. The Kier molecular flexibility index (Phi) is 3.71. The van der Waals surface area contributed by atoms with Gasteiger partial charge in [0.1, 0.15) is 0 Å². The van der Waals surface area contributed by atoms with Gasteiger partial charge in [0.2, 0.25) is 5.95 Å². The number of nitrogens with one attached hydrogen (secondary N) is 2. The lowest BCUT2D eigenvalue weighted by Gasteiger charge is -2.07. The van der Waals surface area contributed by atoms with E-state index in [2.05, 4.69) is 15.3 Å². The molecule has 0 bridgehead atoms. The average molecular weight is 298 g/mol. The maximum Gasteiger partial charge on any atom is 0.260 e. The number of benzene rings is 2. The summed E-state index contributed by atoms with van der Waals surface area (Å²) in [6.07, 6.45) is 1.52. The lowest BCUT2D eigenvalue weighted by atomic mass is 10.1. The number of rotatable bonds is 3. The first-order chi connectivity index (χ1) is 10.2. The Hall–Kier alpha value is -2.59. The molecule has 0 unspecified atom stereocenters. The van der Waals surface area contributed by atoms with Crippen molar-refractivity contribution in [3.05, 3.63) is 76.2 Å². The SMILES string of the molecule is O=c1[nH]c(Nc2ccccc2)ncc1-c1ccccc1Cl. The predicted octanol–water partition coefficient (Wildman–Crippen LogP) is 3.83. The van der Waals surface area contributed by atoms with Gasteiger partial charge in [-0.25, -0.2) is 4.98 Å². The van der Waals surface area contributed by atoms with Gasteiger partial charge in [0.15, 0.2) is 0 Å². The minimum atomic E-state index is -0.239. The van der Waals surface area contributed by atoms with Crippen LogP contribution in [0.15, 0.2) is 65.6 Å². The van der Waals surface area contributed by atoms with Crippen LogP contribution in [0.3, 0.4) is 0 Å². The van der Waals surface area contributed by atoms with Gasteiger partial charge in [0, 0.05) is 22.5 Å². The number of hydrogen-bond donors (Lipinski definition) is 2. The highest BCUT2D eigenvalue weighted by Gasteiger charge is 2.08. The van der Waals surface area contributed by atoms with E-state index in [1.807, 2.05) is 42.5 Å². The van der Waals surface area contributed by atoms with Crippen LogP contribution in [0.1, 0.15) is 0 Å². The van der Waals surface area contributed by atoms with E-state index in [0.717, 1.165) is 5.69 Å². The monoisotopic (exact) mass is 297 g/mol. The van der Waals surface area contributed by atoms with Gasteiger partial charge in [0.25, 0.3) is 5.56 Å². The fraction of sp³-hybridized carbons (Fsp3) is 0. The van der Waals surface area contributed by atoms with Crippen LogP contribution in [-0.4, -0.2) is 9.97 Å². The Balaban J connectivity index is 1.94. The highest BCUT2D eigenvalue weighted by atomic mass is 35.5. The zero-order chi connectivity index (χ0) is 14.7. The number of nitrogens with zero attached hydrogens (tertiary/aromatic N) is 1. The molecule has 2 aromatic carbocycles. The summed E-state index contributed by atoms with van der Waals surface area (Å²) in [5, 5.41) is 3.56. The summed E-state index contributed by atoms with van der Waals surface area (Å²) in [6, 6.07) is 16.7. The summed E-state index contributed by atoms with van der Waals surface area (Å²) in [5.41, 5.74) is 1.72. The second-order valence-corrected chi connectivity index (χ2v) is 4.85. The van der Waals surface area contributed by atoms with Crippen LogP contribution >= 0.6 is 11.6 Å².